The standard InChI is InChI=1S/C23H31N5O2/c1-24-23(25-17-18-5-7-19(8-6-18)22(29)26(2)3)28-15-13-27(14-16-28)20-9-11-21(30-4)12-10-20/h5-12H,13-17H2,1-4H3,(H,24,25). The molecule has 1 N–H and O–H groups in total. The highest BCUT2D eigenvalue weighted by Crippen LogP contribution is 2.20. The Balaban J connectivity index is 1.51. The van der Waals surface area contributed by atoms with Crippen LogP contribution in [0.5, 0.6) is 5.75 Å². The van der Waals surface area contributed by atoms with E-state index in [1.807, 2.05) is 43.4 Å². The molecule has 2 aromatic carbocycles. The lowest BCUT2D eigenvalue weighted by molar-refractivity contribution is 0.0827. The molecule has 1 aliphatic rings. The maximum atomic E-state index is 12.0. The lowest BCUT2D eigenvalue weighted by Crippen LogP contribution is -2.52. The average molecular weight is 410 g/mol. The van der Waals surface area contributed by atoms with Crippen LogP contribution in [0.2, 0.25) is 0 Å². The Bertz CT molecular complexity index is 854. The highest BCUT2D eigenvalue weighted by Gasteiger charge is 2.20. The number of hydrogen-bond donors (Lipinski definition) is 1. The molecule has 0 bridgehead atoms. The Morgan fingerprint density at radius 1 is 1.03 bits per heavy atom. The smallest absolute Gasteiger partial charge is 0.253 e. The van der Waals surface area contributed by atoms with Crippen LogP contribution in [0.4, 0.5) is 5.69 Å². The molecular weight excluding hydrogens is 378 g/mol. The van der Waals surface area contributed by atoms with Gasteiger partial charge >= 0.3 is 0 Å². The number of benzene rings is 2. The Labute approximate surface area is 178 Å². The Kier molecular flexibility index (Phi) is 7.17. The van der Waals surface area contributed by atoms with E-state index in [1.165, 1.54) is 5.69 Å². The number of amides is 1. The van der Waals surface area contributed by atoms with E-state index in [0.29, 0.717) is 12.1 Å². The minimum absolute atomic E-state index is 0.0139. The molecule has 0 aromatic heterocycles. The van der Waals surface area contributed by atoms with Gasteiger partial charge in [-0.3, -0.25) is 9.79 Å². The fourth-order valence-electron chi connectivity index (χ4n) is 3.51. The summed E-state index contributed by atoms with van der Waals surface area (Å²) in [7, 11) is 7.02. The van der Waals surface area contributed by atoms with E-state index in [1.54, 1.807) is 26.1 Å². The normalized spacial score (nSPS) is 14.5. The highest BCUT2D eigenvalue weighted by atomic mass is 16.5. The van der Waals surface area contributed by atoms with E-state index in [9.17, 15) is 4.79 Å². The van der Waals surface area contributed by atoms with Crippen molar-refractivity contribution < 1.29 is 9.53 Å². The Morgan fingerprint density at radius 2 is 1.67 bits per heavy atom. The van der Waals surface area contributed by atoms with Crippen LogP contribution in [-0.2, 0) is 6.54 Å². The van der Waals surface area contributed by atoms with Crippen molar-refractivity contribution in [3.8, 4) is 5.75 Å². The van der Waals surface area contributed by atoms with Crippen LogP contribution in [0.1, 0.15) is 15.9 Å². The number of carbonyl (C=O) groups is 1. The molecule has 0 atom stereocenters. The van der Waals surface area contributed by atoms with Gasteiger partial charge in [0.05, 0.1) is 7.11 Å². The number of hydrogen-bond acceptors (Lipinski definition) is 4. The van der Waals surface area contributed by atoms with Crippen LogP contribution in [0.3, 0.4) is 0 Å². The molecular formula is C23H31N5O2. The zero-order valence-corrected chi connectivity index (χ0v) is 18.3. The second-order valence-electron chi connectivity index (χ2n) is 7.47. The number of piperazine rings is 1. The highest BCUT2D eigenvalue weighted by molar-refractivity contribution is 5.93. The molecule has 1 fully saturated rings. The number of carbonyl (C=O) groups excluding carboxylic acids is 1. The molecule has 1 aliphatic heterocycles. The Morgan fingerprint density at radius 3 is 2.20 bits per heavy atom. The number of rotatable bonds is 5. The van der Waals surface area contributed by atoms with Gasteiger partial charge in [0.1, 0.15) is 5.75 Å². The summed E-state index contributed by atoms with van der Waals surface area (Å²) in [4.78, 5) is 22.7. The lowest BCUT2D eigenvalue weighted by Gasteiger charge is -2.37. The summed E-state index contributed by atoms with van der Waals surface area (Å²) in [5, 5.41) is 3.44. The van der Waals surface area contributed by atoms with Crippen LogP contribution in [0.15, 0.2) is 53.5 Å². The third-order valence-electron chi connectivity index (χ3n) is 5.29. The molecule has 30 heavy (non-hydrogen) atoms. The number of methoxy groups -OCH3 is 1. The largest absolute Gasteiger partial charge is 0.497 e. The molecule has 0 radical (unpaired) electrons. The van der Waals surface area contributed by atoms with Crippen molar-refractivity contribution in [1.29, 1.82) is 0 Å². The summed E-state index contributed by atoms with van der Waals surface area (Å²) in [6, 6.07) is 15.9. The predicted molar refractivity (Wildman–Crippen MR) is 121 cm³/mol. The van der Waals surface area contributed by atoms with Gasteiger partial charge < -0.3 is 24.8 Å². The van der Waals surface area contributed by atoms with Gasteiger partial charge in [-0.2, -0.15) is 0 Å². The summed E-state index contributed by atoms with van der Waals surface area (Å²) >= 11 is 0. The van der Waals surface area contributed by atoms with Crippen molar-refractivity contribution in [1.82, 2.24) is 15.1 Å². The molecule has 7 nitrogen and oxygen atoms in total. The number of aliphatic imine (C=N–C) groups is 1. The molecule has 0 unspecified atom stereocenters. The van der Waals surface area contributed by atoms with Gasteiger partial charge in [0.25, 0.3) is 5.91 Å². The van der Waals surface area contributed by atoms with Crippen molar-refractivity contribution in [2.75, 3.05) is 59.3 Å². The average Bonchev–Trinajstić information content (AvgIpc) is 2.80. The van der Waals surface area contributed by atoms with Gasteiger partial charge in [-0.1, -0.05) is 12.1 Å². The van der Waals surface area contributed by atoms with Crippen LogP contribution in [0.25, 0.3) is 0 Å². The van der Waals surface area contributed by atoms with Crippen molar-refractivity contribution in [3.05, 3.63) is 59.7 Å². The van der Waals surface area contributed by atoms with Crippen molar-refractivity contribution in [3.63, 3.8) is 0 Å². The van der Waals surface area contributed by atoms with E-state index < -0.39 is 0 Å². The van der Waals surface area contributed by atoms with E-state index in [0.717, 1.165) is 43.5 Å². The van der Waals surface area contributed by atoms with Gasteiger partial charge in [-0.25, -0.2) is 0 Å². The molecule has 0 spiro atoms. The first kappa shape index (κ1) is 21.5. The SMILES string of the molecule is CN=C(NCc1ccc(C(=O)N(C)C)cc1)N1CCN(c2ccc(OC)cc2)CC1. The summed E-state index contributed by atoms with van der Waals surface area (Å²) < 4.78 is 5.24. The second kappa shape index (κ2) is 10.0. The molecule has 1 heterocycles. The summed E-state index contributed by atoms with van der Waals surface area (Å²) in [5.74, 6) is 1.79. The first-order chi connectivity index (χ1) is 14.5. The number of ether oxygens (including phenoxy) is 1. The van der Waals surface area contributed by atoms with Crippen LogP contribution >= 0.6 is 0 Å². The van der Waals surface area contributed by atoms with Crippen molar-refractivity contribution in [2.45, 2.75) is 6.54 Å². The van der Waals surface area contributed by atoms with Gasteiger partial charge in [0, 0.05) is 65.1 Å². The van der Waals surface area contributed by atoms with E-state index in [2.05, 4.69) is 32.2 Å². The summed E-state index contributed by atoms with van der Waals surface area (Å²) in [6.07, 6.45) is 0. The van der Waals surface area contributed by atoms with Gasteiger partial charge in [0.15, 0.2) is 5.96 Å². The number of anilines is 1. The molecule has 2 aromatic rings. The number of nitrogens with zero attached hydrogens (tertiary/aromatic N) is 4. The molecule has 1 saturated heterocycles. The first-order valence-corrected chi connectivity index (χ1v) is 10.2. The Hall–Kier alpha value is -3.22. The van der Waals surface area contributed by atoms with Crippen LogP contribution < -0.4 is 15.0 Å². The van der Waals surface area contributed by atoms with E-state index in [4.69, 9.17) is 4.74 Å². The molecule has 160 valence electrons. The van der Waals surface area contributed by atoms with Crippen LogP contribution in [-0.4, -0.2) is 76.1 Å². The molecule has 0 aliphatic carbocycles. The minimum Gasteiger partial charge on any atom is -0.497 e. The monoisotopic (exact) mass is 409 g/mol. The van der Waals surface area contributed by atoms with Gasteiger partial charge in [-0.05, 0) is 42.0 Å². The third-order valence-corrected chi connectivity index (χ3v) is 5.29. The molecule has 1 amide bonds. The topological polar surface area (TPSA) is 60.4 Å². The van der Waals surface area contributed by atoms with Crippen molar-refractivity contribution >= 4 is 17.6 Å². The van der Waals surface area contributed by atoms with Crippen LogP contribution in [0, 0.1) is 0 Å². The quantitative estimate of drug-likeness (QED) is 0.607. The molecule has 7 heteroatoms. The maximum absolute atomic E-state index is 12.0. The number of guanidine groups is 1. The first-order valence-electron chi connectivity index (χ1n) is 10.2. The van der Waals surface area contributed by atoms with E-state index >= 15 is 0 Å². The van der Waals surface area contributed by atoms with Gasteiger partial charge in [-0.15, -0.1) is 0 Å². The number of nitrogens with one attached hydrogen (secondary N) is 1. The van der Waals surface area contributed by atoms with Gasteiger partial charge in [0.2, 0.25) is 0 Å². The third kappa shape index (κ3) is 5.23. The maximum Gasteiger partial charge on any atom is 0.253 e. The zero-order chi connectivity index (χ0) is 21.5. The predicted octanol–water partition coefficient (Wildman–Crippen LogP) is 2.29. The molecule has 3 rings (SSSR count). The van der Waals surface area contributed by atoms with Crippen molar-refractivity contribution in [2.24, 2.45) is 4.99 Å². The molecule has 0 saturated carbocycles. The lowest BCUT2D eigenvalue weighted by atomic mass is 10.1. The summed E-state index contributed by atoms with van der Waals surface area (Å²) in [6.45, 7) is 4.36. The zero-order valence-electron chi connectivity index (χ0n) is 18.3. The second-order valence-corrected chi connectivity index (χ2v) is 7.47. The minimum atomic E-state index is 0.0139. The summed E-state index contributed by atoms with van der Waals surface area (Å²) in [5.41, 5.74) is 3.02. The fourth-order valence-corrected chi connectivity index (χ4v) is 3.51. The van der Waals surface area contributed by atoms with E-state index in [-0.39, 0.29) is 5.91 Å². The fraction of sp³-hybridized carbons (Fsp3) is 0.391.